The number of hydrogen-bond donors (Lipinski definition) is 1. The smallest absolute Gasteiger partial charge is 0.329 e. The van der Waals surface area contributed by atoms with Gasteiger partial charge in [0.2, 0.25) is 5.91 Å². The van der Waals surface area contributed by atoms with Crippen LogP contribution >= 0.6 is 0 Å². The third-order valence-corrected chi connectivity index (χ3v) is 9.32. The summed E-state index contributed by atoms with van der Waals surface area (Å²) in [7, 11) is -0.617. The van der Waals surface area contributed by atoms with E-state index >= 15 is 0 Å². The summed E-state index contributed by atoms with van der Waals surface area (Å²) >= 11 is 0. The molecule has 7 heteroatoms. The lowest BCUT2D eigenvalue weighted by molar-refractivity contribution is -0.144. The Morgan fingerprint density at radius 1 is 1.26 bits per heavy atom. The fourth-order valence-electron chi connectivity index (χ4n) is 1.98. The van der Waals surface area contributed by atoms with Crippen molar-refractivity contribution < 1.29 is 23.1 Å². The molecule has 148 valence electrons. The van der Waals surface area contributed by atoms with Crippen LogP contribution in [0.2, 0.25) is 18.1 Å². The maximum Gasteiger partial charge on any atom is 0.329 e. The zero-order valence-electron chi connectivity index (χ0n) is 16.7. The van der Waals surface area contributed by atoms with Crippen molar-refractivity contribution in [3.8, 4) is 11.5 Å². The maximum atomic E-state index is 13.7. The van der Waals surface area contributed by atoms with Gasteiger partial charge in [-0.1, -0.05) is 39.9 Å². The third kappa shape index (κ3) is 6.79. The summed E-state index contributed by atoms with van der Waals surface area (Å²) in [6.45, 7) is 10.7. The minimum Gasteiger partial charge on any atom is -0.467 e. The van der Waals surface area contributed by atoms with Crippen LogP contribution in [-0.4, -0.2) is 33.1 Å². The molecule has 4 nitrogen and oxygen atoms in total. The average molecular weight is 396 g/mol. The van der Waals surface area contributed by atoms with E-state index in [4.69, 9.17) is 4.74 Å². The number of ether oxygens (including phenoxy) is 1. The van der Waals surface area contributed by atoms with Crippen molar-refractivity contribution in [2.75, 3.05) is 7.11 Å². The predicted octanol–water partition coefficient (Wildman–Crippen LogP) is 3.61. The first-order valence-corrected chi connectivity index (χ1v) is 11.7. The molecule has 0 aromatic heterocycles. The van der Waals surface area contributed by atoms with Gasteiger partial charge in [-0.3, -0.25) is 4.79 Å². The SMILES string of the molecule is COC(=O)[C@H](CC#C[Si](C)(C)C(C)(C)C)NC(=O)Cc1ccc(F)cc1F. The van der Waals surface area contributed by atoms with Crippen LogP contribution in [0.5, 0.6) is 0 Å². The van der Waals surface area contributed by atoms with Crippen LogP contribution in [0.3, 0.4) is 0 Å². The molecule has 1 N–H and O–H groups in total. The Labute approximate surface area is 160 Å². The Bertz CT molecular complexity index is 761. The molecule has 0 bridgehead atoms. The average Bonchev–Trinajstić information content (AvgIpc) is 2.54. The van der Waals surface area contributed by atoms with Crippen LogP contribution in [0.25, 0.3) is 0 Å². The van der Waals surface area contributed by atoms with E-state index in [-0.39, 0.29) is 23.4 Å². The lowest BCUT2D eigenvalue weighted by atomic mass is 10.1. The van der Waals surface area contributed by atoms with E-state index in [9.17, 15) is 18.4 Å². The fraction of sp³-hybridized carbons (Fsp3) is 0.500. The molecule has 1 aromatic rings. The lowest BCUT2D eigenvalue weighted by Gasteiger charge is -2.31. The van der Waals surface area contributed by atoms with Crippen LogP contribution in [0, 0.1) is 23.1 Å². The van der Waals surface area contributed by atoms with E-state index in [1.807, 2.05) is 0 Å². The second kappa shape index (κ2) is 9.13. The summed E-state index contributed by atoms with van der Waals surface area (Å²) < 4.78 is 31.4. The number of rotatable bonds is 5. The summed E-state index contributed by atoms with van der Waals surface area (Å²) in [5.74, 6) is 0.300. The second-order valence-corrected chi connectivity index (χ2v) is 12.9. The topological polar surface area (TPSA) is 55.4 Å². The van der Waals surface area contributed by atoms with Crippen molar-refractivity contribution in [3.05, 3.63) is 35.4 Å². The van der Waals surface area contributed by atoms with Gasteiger partial charge in [0.15, 0.2) is 0 Å². The van der Waals surface area contributed by atoms with Gasteiger partial charge < -0.3 is 10.1 Å². The van der Waals surface area contributed by atoms with Crippen LogP contribution in [0.1, 0.15) is 32.8 Å². The molecule has 0 saturated heterocycles. The van der Waals surface area contributed by atoms with Gasteiger partial charge in [-0.25, -0.2) is 13.6 Å². The molecule has 0 aliphatic rings. The van der Waals surface area contributed by atoms with E-state index < -0.39 is 37.6 Å². The van der Waals surface area contributed by atoms with Gasteiger partial charge in [-0.05, 0) is 16.7 Å². The molecule has 1 rings (SSSR count). The van der Waals surface area contributed by atoms with Crippen LogP contribution in [-0.2, 0) is 20.7 Å². The molecule has 0 spiro atoms. The van der Waals surface area contributed by atoms with Crippen molar-refractivity contribution in [2.45, 2.75) is 57.8 Å². The molecular formula is C20H27F2NO3Si. The fourth-order valence-corrected chi connectivity index (χ4v) is 2.90. The first-order chi connectivity index (χ1) is 12.4. The van der Waals surface area contributed by atoms with Gasteiger partial charge in [0.25, 0.3) is 0 Å². The standard InChI is InChI=1S/C20H27F2NO3Si/c1-20(2,3)27(5,6)11-7-8-17(19(25)26-4)23-18(24)12-14-9-10-15(21)13-16(14)22/h9-10,13,17H,8,12H2,1-6H3,(H,23,24)/t17-/m0/s1. The molecule has 0 radical (unpaired) electrons. The minimum absolute atomic E-state index is 0.0462. The molecule has 0 saturated carbocycles. The van der Waals surface area contributed by atoms with E-state index in [0.29, 0.717) is 6.07 Å². The highest BCUT2D eigenvalue weighted by atomic mass is 28.3. The number of carbonyl (C=O) groups excluding carboxylic acids is 2. The molecule has 0 fully saturated rings. The van der Waals surface area contributed by atoms with Gasteiger partial charge in [0, 0.05) is 12.5 Å². The number of benzene rings is 1. The number of carbonyl (C=O) groups is 2. The molecule has 1 aromatic carbocycles. The monoisotopic (exact) mass is 395 g/mol. The van der Waals surface area contributed by atoms with Crippen molar-refractivity contribution >= 4 is 20.0 Å². The normalized spacial score (nSPS) is 12.6. The molecule has 1 atom stereocenters. The molecule has 0 unspecified atom stereocenters. The first kappa shape index (κ1) is 22.8. The Morgan fingerprint density at radius 3 is 2.41 bits per heavy atom. The summed E-state index contributed by atoms with van der Waals surface area (Å²) in [6, 6.07) is 2.05. The largest absolute Gasteiger partial charge is 0.467 e. The van der Waals surface area contributed by atoms with E-state index in [2.05, 4.69) is 50.6 Å². The number of halogens is 2. The van der Waals surface area contributed by atoms with Gasteiger partial charge in [-0.15, -0.1) is 11.5 Å². The third-order valence-electron chi connectivity index (χ3n) is 4.77. The molecule has 0 aliphatic heterocycles. The van der Waals surface area contributed by atoms with Gasteiger partial charge in [0.1, 0.15) is 25.8 Å². The van der Waals surface area contributed by atoms with Gasteiger partial charge >= 0.3 is 5.97 Å². The van der Waals surface area contributed by atoms with E-state index in [1.54, 1.807) is 0 Å². The predicted molar refractivity (Wildman–Crippen MR) is 104 cm³/mol. The number of hydrogen-bond acceptors (Lipinski definition) is 3. The molecule has 0 aliphatic carbocycles. The molecular weight excluding hydrogens is 368 g/mol. The van der Waals surface area contributed by atoms with Crippen molar-refractivity contribution in [1.82, 2.24) is 5.32 Å². The number of amides is 1. The quantitative estimate of drug-likeness (QED) is 0.471. The Hall–Kier alpha value is -2.20. The zero-order valence-corrected chi connectivity index (χ0v) is 17.7. The molecule has 0 heterocycles. The highest BCUT2D eigenvalue weighted by molar-refractivity contribution is 6.87. The summed E-state index contributed by atoms with van der Waals surface area (Å²) in [6.07, 6.45) is -0.202. The Morgan fingerprint density at radius 2 is 1.89 bits per heavy atom. The lowest BCUT2D eigenvalue weighted by Crippen LogP contribution is -2.42. The highest BCUT2D eigenvalue weighted by Crippen LogP contribution is 2.35. The van der Waals surface area contributed by atoms with Crippen molar-refractivity contribution in [1.29, 1.82) is 0 Å². The number of nitrogens with one attached hydrogen (secondary N) is 1. The first-order valence-electron chi connectivity index (χ1n) is 8.68. The number of esters is 1. The number of methoxy groups -OCH3 is 1. The summed E-state index contributed by atoms with van der Waals surface area (Å²) in [5, 5.41) is 2.60. The minimum atomic E-state index is -1.84. The van der Waals surface area contributed by atoms with Gasteiger partial charge in [0.05, 0.1) is 13.5 Å². The van der Waals surface area contributed by atoms with Crippen molar-refractivity contribution in [3.63, 3.8) is 0 Å². The van der Waals surface area contributed by atoms with Gasteiger partial charge in [-0.2, -0.15) is 0 Å². The van der Waals surface area contributed by atoms with E-state index in [1.165, 1.54) is 13.2 Å². The maximum absolute atomic E-state index is 13.7. The van der Waals surface area contributed by atoms with E-state index in [0.717, 1.165) is 6.07 Å². The Balaban J connectivity index is 2.84. The summed E-state index contributed by atoms with van der Waals surface area (Å²) in [5.41, 5.74) is 3.32. The summed E-state index contributed by atoms with van der Waals surface area (Å²) in [4.78, 5) is 24.1. The second-order valence-electron chi connectivity index (χ2n) is 7.94. The molecule has 1 amide bonds. The van der Waals surface area contributed by atoms with Crippen LogP contribution < -0.4 is 5.32 Å². The zero-order chi connectivity index (χ0) is 20.8. The Kier molecular flexibility index (Phi) is 7.73. The van der Waals surface area contributed by atoms with Crippen LogP contribution in [0.4, 0.5) is 8.78 Å². The highest BCUT2D eigenvalue weighted by Gasteiger charge is 2.33. The van der Waals surface area contributed by atoms with Crippen molar-refractivity contribution in [2.24, 2.45) is 0 Å². The van der Waals surface area contributed by atoms with Crippen LogP contribution in [0.15, 0.2) is 18.2 Å². The molecule has 27 heavy (non-hydrogen) atoms.